The van der Waals surface area contributed by atoms with E-state index in [0.29, 0.717) is 12.5 Å². The van der Waals surface area contributed by atoms with E-state index in [9.17, 15) is 0 Å². The maximum absolute atomic E-state index is 5.48. The average molecular weight is 211 g/mol. The molecule has 0 fully saturated rings. The number of alkyl halides is 1. The molecule has 1 aromatic rings. The molecule has 0 radical (unpaired) electrons. The summed E-state index contributed by atoms with van der Waals surface area (Å²) in [5.74, 6) is 1.44. The number of aryl methyl sites for hydroxylation is 1. The van der Waals surface area contributed by atoms with E-state index in [1.165, 1.54) is 5.56 Å². The Morgan fingerprint density at radius 2 is 1.93 bits per heavy atom. The van der Waals surface area contributed by atoms with E-state index in [2.05, 4.69) is 19.1 Å². The molecule has 0 N–H and O–H groups in total. The molecule has 0 spiro atoms. The van der Waals surface area contributed by atoms with Gasteiger partial charge in [0, 0.05) is 5.88 Å². The molecular formula is C12H15ClO. The standard InChI is InChI=1S/C12H15ClO/c1-2-11-5-7-12(8-6-11)14-10-4-3-9-13/h3-8H,2,9-10H2,1H3. The minimum atomic E-state index is 0.540. The summed E-state index contributed by atoms with van der Waals surface area (Å²) >= 11 is 5.48. The first-order valence-electron chi connectivity index (χ1n) is 4.79. The van der Waals surface area contributed by atoms with Gasteiger partial charge in [0.15, 0.2) is 0 Å². The smallest absolute Gasteiger partial charge is 0.119 e. The van der Waals surface area contributed by atoms with Crippen molar-refractivity contribution >= 4 is 11.6 Å². The van der Waals surface area contributed by atoms with Crippen LogP contribution in [0.2, 0.25) is 0 Å². The molecule has 0 aliphatic carbocycles. The van der Waals surface area contributed by atoms with Crippen LogP contribution in [0.25, 0.3) is 0 Å². The molecule has 1 aromatic carbocycles. The van der Waals surface area contributed by atoms with Gasteiger partial charge in [-0.1, -0.05) is 31.2 Å². The summed E-state index contributed by atoms with van der Waals surface area (Å²) in [4.78, 5) is 0. The highest BCUT2D eigenvalue weighted by Crippen LogP contribution is 2.12. The molecule has 0 aromatic heterocycles. The normalized spacial score (nSPS) is 10.7. The van der Waals surface area contributed by atoms with E-state index < -0.39 is 0 Å². The molecule has 2 heteroatoms. The Labute approximate surface area is 90.3 Å². The number of hydrogen-bond donors (Lipinski definition) is 0. The van der Waals surface area contributed by atoms with Gasteiger partial charge in [-0.3, -0.25) is 0 Å². The highest BCUT2D eigenvalue weighted by molar-refractivity contribution is 6.18. The van der Waals surface area contributed by atoms with Crippen LogP contribution in [-0.2, 0) is 6.42 Å². The van der Waals surface area contributed by atoms with Crippen molar-refractivity contribution in [2.75, 3.05) is 12.5 Å². The van der Waals surface area contributed by atoms with Crippen molar-refractivity contribution in [2.24, 2.45) is 0 Å². The predicted molar refractivity (Wildman–Crippen MR) is 61.2 cm³/mol. The van der Waals surface area contributed by atoms with Crippen molar-refractivity contribution < 1.29 is 4.74 Å². The molecule has 1 nitrogen and oxygen atoms in total. The topological polar surface area (TPSA) is 9.23 Å². The molecule has 0 bridgehead atoms. The molecule has 0 atom stereocenters. The number of benzene rings is 1. The quantitative estimate of drug-likeness (QED) is 0.535. The summed E-state index contributed by atoms with van der Waals surface area (Å²) in [5.41, 5.74) is 1.33. The Bertz CT molecular complexity index is 277. The lowest BCUT2D eigenvalue weighted by Gasteiger charge is -2.03. The Hall–Kier alpha value is -0.950. The van der Waals surface area contributed by atoms with Gasteiger partial charge in [-0.05, 0) is 24.1 Å². The first-order chi connectivity index (χ1) is 6.86. The fourth-order valence-electron chi connectivity index (χ4n) is 1.10. The SMILES string of the molecule is CCc1ccc(OCC=CCCl)cc1. The number of halogens is 1. The molecule has 0 heterocycles. The van der Waals surface area contributed by atoms with E-state index in [0.717, 1.165) is 12.2 Å². The van der Waals surface area contributed by atoms with Gasteiger partial charge < -0.3 is 4.74 Å². The molecule has 0 saturated heterocycles. The van der Waals surface area contributed by atoms with Gasteiger partial charge in [0.1, 0.15) is 12.4 Å². The third-order valence-corrected chi connectivity index (χ3v) is 2.11. The second-order valence-corrected chi connectivity index (χ2v) is 3.24. The van der Waals surface area contributed by atoms with Crippen molar-refractivity contribution in [3.63, 3.8) is 0 Å². The summed E-state index contributed by atoms with van der Waals surface area (Å²) in [6.45, 7) is 2.72. The molecule has 1 rings (SSSR count). The van der Waals surface area contributed by atoms with Gasteiger partial charge in [-0.2, -0.15) is 0 Å². The van der Waals surface area contributed by atoms with E-state index in [4.69, 9.17) is 16.3 Å². The monoisotopic (exact) mass is 210 g/mol. The highest BCUT2D eigenvalue weighted by atomic mass is 35.5. The third-order valence-electron chi connectivity index (χ3n) is 1.93. The minimum absolute atomic E-state index is 0.540. The fraction of sp³-hybridized carbons (Fsp3) is 0.333. The summed E-state index contributed by atoms with van der Waals surface area (Å²) in [6, 6.07) is 8.15. The second-order valence-electron chi connectivity index (χ2n) is 2.93. The third kappa shape index (κ3) is 3.84. The van der Waals surface area contributed by atoms with Crippen LogP contribution in [0.15, 0.2) is 36.4 Å². The van der Waals surface area contributed by atoms with Crippen molar-refractivity contribution in [3.05, 3.63) is 42.0 Å². The van der Waals surface area contributed by atoms with Gasteiger partial charge in [-0.15, -0.1) is 11.6 Å². The maximum atomic E-state index is 5.48. The van der Waals surface area contributed by atoms with Crippen LogP contribution < -0.4 is 4.74 Å². The van der Waals surface area contributed by atoms with Crippen LogP contribution in [0.1, 0.15) is 12.5 Å². The average Bonchev–Trinajstić information content (AvgIpc) is 2.25. The van der Waals surface area contributed by atoms with Crippen molar-refractivity contribution in [3.8, 4) is 5.75 Å². The van der Waals surface area contributed by atoms with E-state index in [-0.39, 0.29) is 0 Å². The minimum Gasteiger partial charge on any atom is -0.490 e. The number of allylic oxidation sites excluding steroid dienone is 1. The van der Waals surface area contributed by atoms with E-state index in [1.54, 1.807) is 0 Å². The number of ether oxygens (including phenoxy) is 1. The predicted octanol–water partition coefficient (Wildman–Crippen LogP) is 3.42. The Morgan fingerprint density at radius 3 is 2.50 bits per heavy atom. The van der Waals surface area contributed by atoms with Crippen LogP contribution in [0.3, 0.4) is 0 Å². The Morgan fingerprint density at radius 1 is 1.21 bits per heavy atom. The van der Waals surface area contributed by atoms with Crippen LogP contribution in [0, 0.1) is 0 Å². The number of hydrogen-bond acceptors (Lipinski definition) is 1. The van der Waals surface area contributed by atoms with Gasteiger partial charge in [-0.25, -0.2) is 0 Å². The maximum Gasteiger partial charge on any atom is 0.119 e. The van der Waals surface area contributed by atoms with E-state index in [1.807, 2.05) is 24.3 Å². The van der Waals surface area contributed by atoms with Gasteiger partial charge >= 0.3 is 0 Å². The highest BCUT2D eigenvalue weighted by Gasteiger charge is 1.91. The molecular weight excluding hydrogens is 196 g/mol. The number of rotatable bonds is 5. The van der Waals surface area contributed by atoms with Crippen LogP contribution in [0.5, 0.6) is 5.75 Å². The second kappa shape index (κ2) is 6.50. The summed E-state index contributed by atoms with van der Waals surface area (Å²) in [7, 11) is 0. The zero-order valence-corrected chi connectivity index (χ0v) is 9.13. The van der Waals surface area contributed by atoms with Crippen molar-refractivity contribution in [2.45, 2.75) is 13.3 Å². The zero-order valence-electron chi connectivity index (χ0n) is 8.37. The molecule has 0 saturated carbocycles. The largest absolute Gasteiger partial charge is 0.490 e. The summed E-state index contributed by atoms with van der Waals surface area (Å²) in [6.07, 6.45) is 4.86. The van der Waals surface area contributed by atoms with Crippen molar-refractivity contribution in [1.29, 1.82) is 0 Å². The van der Waals surface area contributed by atoms with Crippen LogP contribution in [-0.4, -0.2) is 12.5 Å². The molecule has 0 aliphatic heterocycles. The van der Waals surface area contributed by atoms with Crippen molar-refractivity contribution in [1.82, 2.24) is 0 Å². The Balaban J connectivity index is 2.40. The van der Waals surface area contributed by atoms with Gasteiger partial charge in [0.2, 0.25) is 0 Å². The van der Waals surface area contributed by atoms with Crippen LogP contribution in [0.4, 0.5) is 0 Å². The summed E-state index contributed by atoms with van der Waals surface area (Å²) in [5, 5.41) is 0. The van der Waals surface area contributed by atoms with Gasteiger partial charge in [0.25, 0.3) is 0 Å². The lowest BCUT2D eigenvalue weighted by molar-refractivity contribution is 0.362. The fourth-order valence-corrected chi connectivity index (χ4v) is 1.22. The first kappa shape index (κ1) is 11.1. The van der Waals surface area contributed by atoms with E-state index >= 15 is 0 Å². The lowest BCUT2D eigenvalue weighted by atomic mass is 10.2. The summed E-state index contributed by atoms with van der Waals surface area (Å²) < 4.78 is 5.46. The Kier molecular flexibility index (Phi) is 5.16. The zero-order chi connectivity index (χ0) is 10.2. The molecule has 76 valence electrons. The molecule has 0 amide bonds. The first-order valence-corrected chi connectivity index (χ1v) is 5.33. The molecule has 14 heavy (non-hydrogen) atoms. The molecule has 0 aliphatic rings. The lowest BCUT2D eigenvalue weighted by Crippen LogP contribution is -1.93. The molecule has 0 unspecified atom stereocenters. The van der Waals surface area contributed by atoms with Crippen LogP contribution >= 0.6 is 11.6 Å². The van der Waals surface area contributed by atoms with Gasteiger partial charge in [0.05, 0.1) is 0 Å².